The summed E-state index contributed by atoms with van der Waals surface area (Å²) in [5, 5.41) is 11.7. The minimum absolute atomic E-state index is 0.0539. The summed E-state index contributed by atoms with van der Waals surface area (Å²) in [4.78, 5) is 25.3. The summed E-state index contributed by atoms with van der Waals surface area (Å²) in [7, 11) is 0. The largest absolute Gasteiger partial charge is 0.396 e. The fraction of sp³-hybridized carbons (Fsp3) is 0.833. The molecule has 96 valence electrons. The first kappa shape index (κ1) is 12.4. The maximum atomic E-state index is 11.8. The van der Waals surface area contributed by atoms with Gasteiger partial charge in [-0.2, -0.15) is 0 Å². The van der Waals surface area contributed by atoms with Gasteiger partial charge in [-0.05, 0) is 18.8 Å². The minimum Gasteiger partial charge on any atom is -0.396 e. The molecule has 2 aliphatic rings. The molecule has 0 spiro atoms. The van der Waals surface area contributed by atoms with Crippen molar-refractivity contribution in [2.75, 3.05) is 19.7 Å². The van der Waals surface area contributed by atoms with Crippen LogP contribution in [0.4, 0.5) is 0 Å². The first-order valence-corrected chi connectivity index (χ1v) is 6.30. The first-order chi connectivity index (χ1) is 8.11. The SMILES string of the molecule is CC(CO)CNC(=O)C1CC(=O)N(C2CC2)C1. The average molecular weight is 240 g/mol. The summed E-state index contributed by atoms with van der Waals surface area (Å²) < 4.78 is 0. The number of rotatable bonds is 5. The van der Waals surface area contributed by atoms with Gasteiger partial charge in [-0.15, -0.1) is 0 Å². The van der Waals surface area contributed by atoms with Crippen LogP contribution in [0.3, 0.4) is 0 Å². The van der Waals surface area contributed by atoms with Crippen LogP contribution in [0.5, 0.6) is 0 Å². The third-order valence-electron chi connectivity index (χ3n) is 3.45. The number of amides is 2. The zero-order valence-corrected chi connectivity index (χ0v) is 10.2. The number of likely N-dealkylation sites (tertiary alicyclic amines) is 1. The second-order valence-electron chi connectivity index (χ2n) is 5.21. The maximum Gasteiger partial charge on any atom is 0.225 e. The molecule has 2 atom stereocenters. The Balaban J connectivity index is 1.78. The van der Waals surface area contributed by atoms with Crippen LogP contribution >= 0.6 is 0 Å². The van der Waals surface area contributed by atoms with Gasteiger partial charge < -0.3 is 15.3 Å². The smallest absolute Gasteiger partial charge is 0.225 e. The zero-order valence-electron chi connectivity index (χ0n) is 10.2. The molecule has 2 amide bonds. The molecule has 1 aliphatic carbocycles. The lowest BCUT2D eigenvalue weighted by atomic mass is 10.1. The number of hydrogen-bond donors (Lipinski definition) is 2. The lowest BCUT2D eigenvalue weighted by molar-refractivity contribution is -0.129. The van der Waals surface area contributed by atoms with E-state index in [-0.39, 0.29) is 30.3 Å². The van der Waals surface area contributed by atoms with Crippen LogP contribution in [0.2, 0.25) is 0 Å². The van der Waals surface area contributed by atoms with E-state index in [1.807, 2.05) is 11.8 Å². The van der Waals surface area contributed by atoms with E-state index in [1.165, 1.54) is 0 Å². The molecule has 0 aromatic carbocycles. The molecule has 0 bridgehead atoms. The number of nitrogens with one attached hydrogen (secondary N) is 1. The molecule has 2 rings (SSSR count). The fourth-order valence-corrected chi connectivity index (χ4v) is 2.13. The van der Waals surface area contributed by atoms with Crippen LogP contribution in [0, 0.1) is 11.8 Å². The van der Waals surface area contributed by atoms with Crippen molar-refractivity contribution in [3.63, 3.8) is 0 Å². The van der Waals surface area contributed by atoms with E-state index in [0.717, 1.165) is 12.8 Å². The summed E-state index contributed by atoms with van der Waals surface area (Å²) >= 11 is 0. The Morgan fingerprint density at radius 1 is 1.59 bits per heavy atom. The summed E-state index contributed by atoms with van der Waals surface area (Å²) in [5.74, 6) is -0.0748. The van der Waals surface area contributed by atoms with E-state index in [0.29, 0.717) is 25.6 Å². The van der Waals surface area contributed by atoms with Crippen LogP contribution < -0.4 is 5.32 Å². The van der Waals surface area contributed by atoms with Crippen molar-refractivity contribution >= 4 is 11.8 Å². The summed E-state index contributed by atoms with van der Waals surface area (Å²) in [5.41, 5.74) is 0. The second-order valence-corrected chi connectivity index (χ2v) is 5.21. The van der Waals surface area contributed by atoms with E-state index in [2.05, 4.69) is 5.32 Å². The Hall–Kier alpha value is -1.10. The number of aliphatic hydroxyl groups excluding tert-OH is 1. The molecule has 5 heteroatoms. The monoisotopic (exact) mass is 240 g/mol. The van der Waals surface area contributed by atoms with Gasteiger partial charge in [0.1, 0.15) is 0 Å². The molecule has 1 saturated carbocycles. The van der Waals surface area contributed by atoms with Gasteiger partial charge in [-0.1, -0.05) is 6.92 Å². The highest BCUT2D eigenvalue weighted by atomic mass is 16.3. The Morgan fingerprint density at radius 2 is 2.29 bits per heavy atom. The highest BCUT2D eigenvalue weighted by Crippen LogP contribution is 2.32. The van der Waals surface area contributed by atoms with E-state index >= 15 is 0 Å². The maximum absolute atomic E-state index is 11.8. The molecule has 1 heterocycles. The Kier molecular flexibility index (Phi) is 3.66. The van der Waals surface area contributed by atoms with Gasteiger partial charge in [0, 0.05) is 32.2 Å². The highest BCUT2D eigenvalue weighted by molar-refractivity contribution is 5.89. The van der Waals surface area contributed by atoms with Gasteiger partial charge in [0.15, 0.2) is 0 Å². The van der Waals surface area contributed by atoms with E-state index < -0.39 is 0 Å². The third kappa shape index (κ3) is 2.97. The van der Waals surface area contributed by atoms with Crippen molar-refractivity contribution < 1.29 is 14.7 Å². The van der Waals surface area contributed by atoms with Crippen LogP contribution in [-0.2, 0) is 9.59 Å². The van der Waals surface area contributed by atoms with Gasteiger partial charge in [0.25, 0.3) is 0 Å². The molecule has 2 fully saturated rings. The van der Waals surface area contributed by atoms with Gasteiger partial charge in [-0.3, -0.25) is 9.59 Å². The molecule has 0 radical (unpaired) electrons. The van der Waals surface area contributed by atoms with Crippen molar-refractivity contribution in [1.82, 2.24) is 10.2 Å². The van der Waals surface area contributed by atoms with Crippen LogP contribution in [0.25, 0.3) is 0 Å². The van der Waals surface area contributed by atoms with Crippen LogP contribution in [0.1, 0.15) is 26.2 Å². The number of hydrogen-bond acceptors (Lipinski definition) is 3. The number of aliphatic hydroxyl groups is 1. The molecular weight excluding hydrogens is 220 g/mol. The quantitative estimate of drug-likeness (QED) is 0.695. The number of carbonyl (C=O) groups is 2. The molecule has 1 saturated heterocycles. The molecule has 2 N–H and O–H groups in total. The predicted molar refractivity (Wildman–Crippen MR) is 62.1 cm³/mol. The molecule has 2 unspecified atom stereocenters. The van der Waals surface area contributed by atoms with Crippen molar-refractivity contribution in [3.05, 3.63) is 0 Å². The molecule has 0 aromatic heterocycles. The third-order valence-corrected chi connectivity index (χ3v) is 3.45. The standard InChI is InChI=1S/C12H20N2O3/c1-8(7-15)5-13-12(17)9-4-11(16)14(6-9)10-2-3-10/h8-10,15H,2-7H2,1H3,(H,13,17). The number of carbonyl (C=O) groups excluding carboxylic acids is 2. The van der Waals surface area contributed by atoms with Crippen molar-refractivity contribution in [2.24, 2.45) is 11.8 Å². The topological polar surface area (TPSA) is 69.6 Å². The lowest BCUT2D eigenvalue weighted by Gasteiger charge is -2.16. The number of nitrogens with zero attached hydrogens (tertiary/aromatic N) is 1. The van der Waals surface area contributed by atoms with Crippen molar-refractivity contribution in [1.29, 1.82) is 0 Å². The normalized spacial score (nSPS) is 26.1. The van der Waals surface area contributed by atoms with Crippen molar-refractivity contribution in [2.45, 2.75) is 32.2 Å². The van der Waals surface area contributed by atoms with E-state index in [4.69, 9.17) is 5.11 Å². The summed E-state index contributed by atoms with van der Waals surface area (Å²) in [6, 6.07) is 0.400. The summed E-state index contributed by atoms with van der Waals surface area (Å²) in [6.07, 6.45) is 2.51. The highest BCUT2D eigenvalue weighted by Gasteiger charge is 2.41. The average Bonchev–Trinajstić information content (AvgIpc) is 3.09. The van der Waals surface area contributed by atoms with Crippen LogP contribution in [0.15, 0.2) is 0 Å². The molecule has 1 aliphatic heterocycles. The molecular formula is C12H20N2O3. The zero-order chi connectivity index (χ0) is 12.4. The Bertz CT molecular complexity index is 315. The molecule has 5 nitrogen and oxygen atoms in total. The minimum atomic E-state index is -0.200. The summed E-state index contributed by atoms with van der Waals surface area (Å²) in [6.45, 7) is 2.99. The second kappa shape index (κ2) is 5.04. The van der Waals surface area contributed by atoms with Crippen LogP contribution in [-0.4, -0.2) is 47.6 Å². The Morgan fingerprint density at radius 3 is 2.88 bits per heavy atom. The van der Waals surface area contributed by atoms with Gasteiger partial charge in [0.2, 0.25) is 11.8 Å². The molecule has 0 aromatic rings. The lowest BCUT2D eigenvalue weighted by Crippen LogP contribution is -2.36. The first-order valence-electron chi connectivity index (χ1n) is 6.30. The fourth-order valence-electron chi connectivity index (χ4n) is 2.13. The Labute approximate surface area is 101 Å². The van der Waals surface area contributed by atoms with Crippen molar-refractivity contribution in [3.8, 4) is 0 Å². The van der Waals surface area contributed by atoms with Gasteiger partial charge in [0.05, 0.1) is 5.92 Å². The van der Waals surface area contributed by atoms with Gasteiger partial charge in [-0.25, -0.2) is 0 Å². The predicted octanol–water partition coefficient (Wildman–Crippen LogP) is -0.258. The van der Waals surface area contributed by atoms with Gasteiger partial charge >= 0.3 is 0 Å². The van der Waals surface area contributed by atoms with E-state index in [1.54, 1.807) is 0 Å². The molecule has 17 heavy (non-hydrogen) atoms. The van der Waals surface area contributed by atoms with E-state index in [9.17, 15) is 9.59 Å².